The zero-order valence-corrected chi connectivity index (χ0v) is 31.3. The third-order valence-corrected chi connectivity index (χ3v) is 16.0. The fourth-order valence-corrected chi connectivity index (χ4v) is 14.3. The highest BCUT2D eigenvalue weighted by Crippen LogP contribution is 2.70. The van der Waals surface area contributed by atoms with Crippen LogP contribution in [0.1, 0.15) is 43.2 Å². The minimum atomic E-state index is 0.0798. The van der Waals surface area contributed by atoms with E-state index in [9.17, 15) is 0 Å². The molecule has 4 saturated carbocycles. The van der Waals surface area contributed by atoms with Crippen LogP contribution in [-0.2, 0) is 5.41 Å². The van der Waals surface area contributed by atoms with Crippen LogP contribution in [0, 0.1) is 23.7 Å². The number of fused-ring (bicyclic) bond motifs is 9. The van der Waals surface area contributed by atoms with Crippen molar-refractivity contribution in [3.8, 4) is 45.3 Å². The monoisotopic (exact) mass is 729 g/mol. The second kappa shape index (κ2) is 10.9. The van der Waals surface area contributed by atoms with Crippen molar-refractivity contribution in [2.75, 3.05) is 0 Å². The van der Waals surface area contributed by atoms with Gasteiger partial charge in [-0.25, -0.2) is 15.0 Å². The van der Waals surface area contributed by atoms with Gasteiger partial charge in [-0.05, 0) is 102 Å². The Balaban J connectivity index is 1.11. The first-order valence-corrected chi connectivity index (χ1v) is 21.2. The molecule has 0 saturated heterocycles. The number of aromatic nitrogens is 3. The molecule has 3 aromatic heterocycles. The van der Waals surface area contributed by atoms with Crippen molar-refractivity contribution in [2.24, 2.45) is 23.7 Å². The maximum Gasteiger partial charge on any atom is 0.164 e. The van der Waals surface area contributed by atoms with Gasteiger partial charge in [0.1, 0.15) is 0 Å². The van der Waals surface area contributed by atoms with Crippen molar-refractivity contribution in [3.63, 3.8) is 0 Å². The van der Waals surface area contributed by atoms with E-state index in [1.807, 2.05) is 22.7 Å². The number of rotatable bonds is 3. The minimum Gasteiger partial charge on any atom is -0.208 e. The summed E-state index contributed by atoms with van der Waals surface area (Å²) in [4.78, 5) is 16.5. The maximum absolute atomic E-state index is 5.53. The summed E-state index contributed by atoms with van der Waals surface area (Å²) in [5.74, 6) is 5.42. The highest BCUT2D eigenvalue weighted by atomic mass is 32.1. The number of nitrogens with zero attached hydrogens (tertiary/aromatic N) is 3. The summed E-state index contributed by atoms with van der Waals surface area (Å²) < 4.78 is 5.06. The average molecular weight is 730 g/mol. The maximum atomic E-state index is 5.53. The van der Waals surface area contributed by atoms with Gasteiger partial charge in [0.2, 0.25) is 0 Å². The summed E-state index contributed by atoms with van der Waals surface area (Å²) in [6.45, 7) is 0. The summed E-state index contributed by atoms with van der Waals surface area (Å²) in [7, 11) is 0. The molecule has 6 aromatic carbocycles. The van der Waals surface area contributed by atoms with Crippen molar-refractivity contribution in [1.82, 2.24) is 15.0 Å². The molecule has 14 rings (SSSR count). The number of thiophene rings is 2. The van der Waals surface area contributed by atoms with Gasteiger partial charge < -0.3 is 0 Å². The van der Waals surface area contributed by atoms with Crippen molar-refractivity contribution in [1.29, 1.82) is 0 Å². The molecule has 4 fully saturated rings. The van der Waals surface area contributed by atoms with E-state index in [4.69, 9.17) is 15.0 Å². The van der Waals surface area contributed by atoms with Crippen LogP contribution in [0.2, 0.25) is 0 Å². The molecule has 0 radical (unpaired) electrons. The fourth-order valence-electron chi connectivity index (χ4n) is 12.0. The highest BCUT2D eigenvalue weighted by molar-refractivity contribution is 7.26. The van der Waals surface area contributed by atoms with E-state index in [2.05, 4.69) is 127 Å². The van der Waals surface area contributed by atoms with Gasteiger partial charge in [-0.15, -0.1) is 22.7 Å². The molecule has 5 heteroatoms. The topological polar surface area (TPSA) is 38.7 Å². The molecule has 0 aliphatic heterocycles. The van der Waals surface area contributed by atoms with Crippen molar-refractivity contribution in [3.05, 3.63) is 139 Å². The Labute approximate surface area is 321 Å². The van der Waals surface area contributed by atoms with Crippen LogP contribution in [0.5, 0.6) is 0 Å². The van der Waals surface area contributed by atoms with Crippen LogP contribution in [0.4, 0.5) is 0 Å². The number of hydrogen-bond donors (Lipinski definition) is 0. The van der Waals surface area contributed by atoms with Crippen molar-refractivity contribution < 1.29 is 0 Å². The Kier molecular flexibility index (Phi) is 6.10. The molecular weight excluding hydrogens is 695 g/mol. The second-order valence-corrected chi connectivity index (χ2v) is 18.5. The summed E-state index contributed by atoms with van der Waals surface area (Å²) >= 11 is 3.68. The molecule has 0 unspecified atom stereocenters. The zero-order valence-electron chi connectivity index (χ0n) is 29.6. The Bertz CT molecular complexity index is 2880. The predicted octanol–water partition coefficient (Wildman–Crippen LogP) is 13.3. The smallest absolute Gasteiger partial charge is 0.164 e. The highest BCUT2D eigenvalue weighted by Gasteiger charge is 2.61. The van der Waals surface area contributed by atoms with Crippen molar-refractivity contribution >= 4 is 63.0 Å². The van der Waals surface area contributed by atoms with Crippen LogP contribution in [0.3, 0.4) is 0 Å². The Morgan fingerprint density at radius 3 is 1.46 bits per heavy atom. The normalized spacial score (nSPS) is 23.6. The Morgan fingerprint density at radius 1 is 0.407 bits per heavy atom. The molecule has 4 bridgehead atoms. The Hall–Kier alpha value is -5.23. The second-order valence-electron chi connectivity index (χ2n) is 16.3. The largest absolute Gasteiger partial charge is 0.208 e. The van der Waals surface area contributed by atoms with Gasteiger partial charge in [-0.1, -0.05) is 103 Å². The summed E-state index contributed by atoms with van der Waals surface area (Å²) in [6.07, 6.45) is 6.90. The van der Waals surface area contributed by atoms with Crippen LogP contribution in [0.15, 0.2) is 127 Å². The quantitative estimate of drug-likeness (QED) is 0.182. The summed E-state index contributed by atoms with van der Waals surface area (Å²) in [5.41, 5.74) is 9.13. The summed E-state index contributed by atoms with van der Waals surface area (Å²) in [6, 6.07) is 47.1. The molecule has 9 aromatic rings. The van der Waals surface area contributed by atoms with Crippen LogP contribution in [-0.4, -0.2) is 15.0 Å². The molecular formula is C49H35N3S2. The lowest BCUT2D eigenvalue weighted by Gasteiger charge is -2.61. The lowest BCUT2D eigenvalue weighted by atomic mass is 9.43. The molecule has 258 valence electrons. The third kappa shape index (κ3) is 3.94. The van der Waals surface area contributed by atoms with Crippen molar-refractivity contribution in [2.45, 2.75) is 37.5 Å². The molecule has 3 heterocycles. The van der Waals surface area contributed by atoms with Gasteiger partial charge in [0.25, 0.3) is 0 Å². The zero-order chi connectivity index (χ0) is 35.1. The molecule has 5 aliphatic rings. The lowest BCUT2D eigenvalue weighted by Crippen LogP contribution is -2.55. The lowest BCUT2D eigenvalue weighted by molar-refractivity contribution is -0.0399. The van der Waals surface area contributed by atoms with E-state index in [1.54, 1.807) is 5.56 Å². The van der Waals surface area contributed by atoms with E-state index in [0.717, 1.165) is 46.0 Å². The molecule has 54 heavy (non-hydrogen) atoms. The average Bonchev–Trinajstić information content (AvgIpc) is 3.88. The molecule has 0 amide bonds. The number of benzene rings is 6. The minimum absolute atomic E-state index is 0.0798. The van der Waals surface area contributed by atoms with E-state index in [-0.39, 0.29) is 5.41 Å². The van der Waals surface area contributed by atoms with Crippen LogP contribution in [0.25, 0.3) is 85.6 Å². The van der Waals surface area contributed by atoms with Crippen LogP contribution >= 0.6 is 22.7 Å². The van der Waals surface area contributed by atoms with Gasteiger partial charge in [-0.3, -0.25) is 0 Å². The van der Waals surface area contributed by atoms with Gasteiger partial charge in [0.05, 0.1) is 0 Å². The first-order valence-electron chi connectivity index (χ1n) is 19.5. The Morgan fingerprint density at radius 2 is 0.852 bits per heavy atom. The van der Waals surface area contributed by atoms with Gasteiger partial charge in [-0.2, -0.15) is 0 Å². The third-order valence-electron chi connectivity index (χ3n) is 13.7. The van der Waals surface area contributed by atoms with E-state index in [0.29, 0.717) is 11.8 Å². The summed E-state index contributed by atoms with van der Waals surface area (Å²) in [5, 5.41) is 4.94. The molecule has 3 nitrogen and oxygen atoms in total. The molecule has 0 atom stereocenters. The van der Waals surface area contributed by atoms with E-state index < -0.39 is 0 Å². The SMILES string of the molecule is c1ccc2c(c1)-c1c(-c3nc(-c4cccc5sc6ccccc6c45)nc(-c4cccc5sc6ccccc6c45)n3)cccc1C21C2CC3CC(C2)CC1C3. The van der Waals surface area contributed by atoms with E-state index in [1.165, 1.54) is 89.1 Å². The van der Waals surface area contributed by atoms with Crippen LogP contribution < -0.4 is 0 Å². The van der Waals surface area contributed by atoms with Gasteiger partial charge in [0, 0.05) is 62.4 Å². The first-order chi connectivity index (χ1) is 26.7. The molecule has 0 N–H and O–H groups in total. The van der Waals surface area contributed by atoms with Gasteiger partial charge in [0.15, 0.2) is 17.5 Å². The standard InChI is InChI=1S/C49H35N3S2/c1-4-16-37-31(10-1)43-34(13-7-17-38(43)49(37)29-23-27-22-28(25-29)26-30(49)24-27)46-50-47(35-14-8-20-41-44(35)32-11-2-5-18-39(32)53-41)52-48(51-46)36-15-9-21-42-45(36)33-12-3-6-19-40(33)54-42/h1-21,27-30H,22-26H2. The first kappa shape index (κ1) is 30.1. The number of hydrogen-bond acceptors (Lipinski definition) is 5. The van der Waals surface area contributed by atoms with Gasteiger partial charge >= 0.3 is 0 Å². The van der Waals surface area contributed by atoms with E-state index >= 15 is 0 Å². The predicted molar refractivity (Wildman–Crippen MR) is 225 cm³/mol. The molecule has 5 aliphatic carbocycles. The molecule has 1 spiro atoms. The fraction of sp³-hybridized carbons (Fsp3) is 0.204.